The lowest BCUT2D eigenvalue weighted by atomic mass is 9.99. The molecule has 3 unspecified atom stereocenters. The van der Waals surface area contributed by atoms with Gasteiger partial charge >= 0.3 is 11.9 Å². The normalized spacial score (nSPS) is 19.0. The molecule has 0 amide bonds. The van der Waals surface area contributed by atoms with Crippen LogP contribution in [-0.2, 0) is 28.1 Å². The molecule has 0 saturated carbocycles. The van der Waals surface area contributed by atoms with Gasteiger partial charge in [-0.3, -0.25) is 0 Å². The van der Waals surface area contributed by atoms with E-state index in [1.54, 1.807) is 18.2 Å². The molecule has 5 atom stereocenters. The average molecular weight is 885 g/mol. The van der Waals surface area contributed by atoms with Crippen LogP contribution in [-0.4, -0.2) is 93.7 Å². The lowest BCUT2D eigenvalue weighted by molar-refractivity contribution is -0.152. The summed E-state index contributed by atoms with van der Waals surface area (Å²) >= 11 is 0. The molecule has 10 nitrogen and oxygen atoms in total. The maximum absolute atomic E-state index is 13.9. The van der Waals surface area contributed by atoms with Crippen molar-refractivity contribution in [3.05, 3.63) is 77.4 Å². The number of hydrogen-bond acceptors (Lipinski definition) is 10. The quantitative estimate of drug-likeness (QED) is 0.0491. The summed E-state index contributed by atoms with van der Waals surface area (Å²) in [5, 5.41) is 0.0645. The summed E-state index contributed by atoms with van der Waals surface area (Å²) in [7, 11) is -3.34. The Labute approximate surface area is 364 Å². The van der Waals surface area contributed by atoms with Crippen LogP contribution in [0.5, 0.6) is 11.5 Å². The highest BCUT2D eigenvalue weighted by Crippen LogP contribution is 2.39. The number of benzene rings is 2. The van der Waals surface area contributed by atoms with Crippen molar-refractivity contribution in [1.82, 2.24) is 0 Å². The molecule has 2 aromatic carbocycles. The van der Waals surface area contributed by atoms with Crippen molar-refractivity contribution in [2.75, 3.05) is 27.1 Å². The molecule has 336 valence electrons. The van der Waals surface area contributed by atoms with Crippen LogP contribution in [0, 0.1) is 5.92 Å². The van der Waals surface area contributed by atoms with Gasteiger partial charge in [-0.05, 0) is 93.2 Å². The second-order valence-corrected chi connectivity index (χ2v) is 36.4. The van der Waals surface area contributed by atoms with E-state index in [1.807, 2.05) is 56.3 Å². The van der Waals surface area contributed by atoms with Crippen molar-refractivity contribution in [3.8, 4) is 11.5 Å². The van der Waals surface area contributed by atoms with E-state index >= 15 is 0 Å². The molecule has 0 N–H and O–H groups in total. The highest BCUT2D eigenvalue weighted by Gasteiger charge is 2.46. The Balaban J connectivity index is 2.02. The summed E-state index contributed by atoms with van der Waals surface area (Å²) in [6.07, 6.45) is 6.15. The fourth-order valence-corrected chi connectivity index (χ4v) is 9.03. The van der Waals surface area contributed by atoms with Crippen molar-refractivity contribution >= 4 is 42.5 Å². The van der Waals surface area contributed by atoms with Gasteiger partial charge < -0.3 is 37.6 Å². The Morgan fingerprint density at radius 3 is 2.08 bits per heavy atom. The van der Waals surface area contributed by atoms with Crippen LogP contribution in [0.25, 0.3) is 6.08 Å². The first-order valence-corrected chi connectivity index (χ1v) is 31.8. The van der Waals surface area contributed by atoms with Crippen LogP contribution < -0.4 is 9.47 Å². The highest BCUT2D eigenvalue weighted by molar-refractivity contribution is 6.76. The lowest BCUT2D eigenvalue weighted by Gasteiger charge is -2.39. The Morgan fingerprint density at radius 1 is 0.850 bits per heavy atom. The highest BCUT2D eigenvalue weighted by atomic mass is 28.4. The van der Waals surface area contributed by atoms with Crippen molar-refractivity contribution in [2.45, 2.75) is 155 Å². The minimum atomic E-state index is -2.03. The van der Waals surface area contributed by atoms with Crippen LogP contribution in [0.1, 0.15) is 81.2 Å². The summed E-state index contributed by atoms with van der Waals surface area (Å²) < 4.78 is 49.4. The van der Waals surface area contributed by atoms with Gasteiger partial charge in [0.25, 0.3) is 0 Å². The number of hydrogen-bond donors (Lipinski definition) is 0. The van der Waals surface area contributed by atoms with Crippen LogP contribution in [0.15, 0.2) is 60.7 Å². The summed E-state index contributed by atoms with van der Waals surface area (Å²) in [5.74, 6) is -0.988. The zero-order valence-corrected chi connectivity index (χ0v) is 42.6. The van der Waals surface area contributed by atoms with E-state index in [0.717, 1.165) is 12.1 Å². The predicted octanol–water partition coefficient (Wildman–Crippen LogP) is 11.6. The zero-order chi connectivity index (χ0) is 45.1. The van der Waals surface area contributed by atoms with Gasteiger partial charge in [0.05, 0.1) is 24.9 Å². The first kappa shape index (κ1) is 51.3. The maximum atomic E-state index is 13.9. The van der Waals surface area contributed by atoms with Gasteiger partial charge in [-0.2, -0.15) is 0 Å². The van der Waals surface area contributed by atoms with Crippen molar-refractivity contribution in [2.24, 2.45) is 5.92 Å². The Hall–Kier alpha value is -3.05. The SMILES string of the molecule is COCOc1cc(OCC[Si](C)(C)C)cc(/C=C/CC2OC(C)(C)OC2C(/C=C\[C@@H](C)[C@@H](C)O[Si](C)(C)C(C)(C)C)OC(=O)c2ccccc2)c1C(=O)OCC[Si](C)(C)C. The van der Waals surface area contributed by atoms with E-state index in [4.69, 9.17) is 37.6 Å². The number of ether oxygens (including phenoxy) is 7. The van der Waals surface area contributed by atoms with Gasteiger partial charge in [-0.25, -0.2) is 9.59 Å². The summed E-state index contributed by atoms with van der Waals surface area (Å²) in [6.45, 7) is 33.6. The Morgan fingerprint density at radius 2 is 1.48 bits per heavy atom. The molecule has 1 aliphatic heterocycles. The van der Waals surface area contributed by atoms with E-state index in [-0.39, 0.29) is 29.4 Å². The van der Waals surface area contributed by atoms with Gasteiger partial charge in [0.2, 0.25) is 0 Å². The molecule has 1 aliphatic rings. The summed E-state index contributed by atoms with van der Waals surface area (Å²) in [6, 6.07) is 14.3. The van der Waals surface area contributed by atoms with Gasteiger partial charge in [0.1, 0.15) is 29.3 Å². The Kier molecular flexibility index (Phi) is 18.7. The summed E-state index contributed by atoms with van der Waals surface area (Å²) in [5.41, 5.74) is 1.31. The molecule has 0 bridgehead atoms. The van der Waals surface area contributed by atoms with Gasteiger partial charge in [-0.15, -0.1) is 0 Å². The van der Waals surface area contributed by atoms with E-state index in [0.29, 0.717) is 42.3 Å². The molecule has 0 spiro atoms. The molecular formula is C47H76O10Si3. The van der Waals surface area contributed by atoms with Crippen LogP contribution in [0.4, 0.5) is 0 Å². The minimum Gasteiger partial charge on any atom is -0.494 e. The third-order valence-corrected chi connectivity index (χ3v) is 18.9. The topological polar surface area (TPSA) is 108 Å². The predicted molar refractivity (Wildman–Crippen MR) is 250 cm³/mol. The largest absolute Gasteiger partial charge is 0.494 e. The third-order valence-electron chi connectivity index (χ3n) is 10.9. The second kappa shape index (κ2) is 21.8. The molecule has 60 heavy (non-hydrogen) atoms. The van der Waals surface area contributed by atoms with Crippen molar-refractivity contribution in [3.63, 3.8) is 0 Å². The molecule has 0 radical (unpaired) electrons. The molecular weight excluding hydrogens is 809 g/mol. The van der Waals surface area contributed by atoms with Gasteiger partial charge in [0.15, 0.2) is 20.9 Å². The number of carbonyl (C=O) groups is 2. The average Bonchev–Trinajstić information content (AvgIpc) is 3.44. The molecule has 2 aromatic rings. The molecule has 13 heteroatoms. The van der Waals surface area contributed by atoms with Crippen molar-refractivity contribution < 1.29 is 47.2 Å². The fourth-order valence-electron chi connectivity index (χ4n) is 6.10. The van der Waals surface area contributed by atoms with Gasteiger partial charge in [0, 0.05) is 35.4 Å². The van der Waals surface area contributed by atoms with E-state index in [1.165, 1.54) is 7.11 Å². The van der Waals surface area contributed by atoms with Crippen LogP contribution in [0.2, 0.25) is 69.5 Å². The monoisotopic (exact) mass is 884 g/mol. The zero-order valence-electron chi connectivity index (χ0n) is 39.6. The standard InChI is InChI=1S/C47H76O10Si3/c1-34(35(2)57-60(15,16)46(3,4)5)25-26-39(54-44(48)36-21-18-17-19-22-36)43-40(55-47(6,7)56-43)24-20-23-37-31-38(51-27-29-58(9,10)11)32-41(53-33-50-8)42(37)45(49)52-28-30-59(12,13)14/h17-23,25-26,31-32,34-35,39-40,43H,24,27-30,33H2,1-16H3/b23-20+,26-25-/t34-,35-,39?,40?,43?/m1/s1. The van der Waals surface area contributed by atoms with Crippen molar-refractivity contribution in [1.29, 1.82) is 0 Å². The van der Waals surface area contributed by atoms with Gasteiger partial charge in [-0.1, -0.05) is 103 Å². The fraction of sp³-hybridized carbons (Fsp3) is 0.617. The molecule has 0 aromatic heterocycles. The van der Waals surface area contributed by atoms with E-state index in [2.05, 4.69) is 93.1 Å². The number of rotatable bonds is 22. The maximum Gasteiger partial charge on any atom is 0.342 e. The molecule has 3 rings (SSSR count). The third kappa shape index (κ3) is 16.7. The number of carbonyl (C=O) groups excluding carboxylic acids is 2. The van der Waals surface area contributed by atoms with Crippen LogP contribution >= 0.6 is 0 Å². The molecule has 1 heterocycles. The summed E-state index contributed by atoms with van der Waals surface area (Å²) in [4.78, 5) is 27.5. The first-order chi connectivity index (χ1) is 27.7. The second-order valence-electron chi connectivity index (χ2n) is 20.4. The number of esters is 2. The Bertz CT molecular complexity index is 1740. The molecule has 1 fully saturated rings. The molecule has 1 saturated heterocycles. The smallest absolute Gasteiger partial charge is 0.342 e. The first-order valence-electron chi connectivity index (χ1n) is 21.5. The van der Waals surface area contributed by atoms with E-state index in [9.17, 15) is 9.59 Å². The molecule has 0 aliphatic carbocycles. The minimum absolute atomic E-state index is 0.0180. The lowest BCUT2D eigenvalue weighted by Crippen LogP contribution is -2.44. The van der Waals surface area contributed by atoms with E-state index < -0.39 is 60.5 Å². The van der Waals surface area contributed by atoms with Crippen LogP contribution in [0.3, 0.4) is 0 Å². The number of methoxy groups -OCH3 is 1.